The number of hydrogen-bond donors (Lipinski definition) is 1. The third-order valence-corrected chi connectivity index (χ3v) is 3.99. The zero-order chi connectivity index (χ0) is 16.9. The zero-order valence-electron chi connectivity index (χ0n) is 13.6. The summed E-state index contributed by atoms with van der Waals surface area (Å²) < 4.78 is 21.2. The second kappa shape index (κ2) is 7.44. The normalized spacial score (nSPS) is 17.8. The molecule has 2 amide bonds. The quantitative estimate of drug-likeness (QED) is 0.932. The Morgan fingerprint density at radius 2 is 2.38 bits per heavy atom. The van der Waals surface area contributed by atoms with Crippen molar-refractivity contribution in [2.75, 3.05) is 19.7 Å². The molecule has 7 heteroatoms. The fourth-order valence-corrected chi connectivity index (χ4v) is 2.73. The third kappa shape index (κ3) is 4.11. The van der Waals surface area contributed by atoms with Crippen molar-refractivity contribution in [3.05, 3.63) is 53.9 Å². The van der Waals surface area contributed by atoms with Gasteiger partial charge in [0.15, 0.2) is 0 Å². The fourth-order valence-electron chi connectivity index (χ4n) is 2.73. The summed E-state index contributed by atoms with van der Waals surface area (Å²) in [4.78, 5) is 17.9. The molecule has 0 aliphatic carbocycles. The molecule has 1 aromatic heterocycles. The number of aromatic nitrogens is 2. The molecule has 6 nitrogen and oxygen atoms in total. The van der Waals surface area contributed by atoms with Crippen LogP contribution in [0.1, 0.15) is 18.1 Å². The Morgan fingerprint density at radius 1 is 1.50 bits per heavy atom. The second-order valence-electron chi connectivity index (χ2n) is 5.95. The van der Waals surface area contributed by atoms with E-state index in [1.54, 1.807) is 40.3 Å². The van der Waals surface area contributed by atoms with Gasteiger partial charge in [-0.2, -0.15) is 0 Å². The second-order valence-corrected chi connectivity index (χ2v) is 5.95. The first kappa shape index (κ1) is 16.4. The predicted octanol–water partition coefficient (Wildman–Crippen LogP) is 2.00. The first-order valence-electron chi connectivity index (χ1n) is 7.99. The monoisotopic (exact) mass is 332 g/mol. The lowest BCUT2D eigenvalue weighted by Crippen LogP contribution is -2.48. The molecular weight excluding hydrogens is 311 g/mol. The van der Waals surface area contributed by atoms with Crippen molar-refractivity contribution >= 4 is 6.03 Å². The number of amides is 2. The number of rotatable bonds is 4. The van der Waals surface area contributed by atoms with E-state index in [-0.39, 0.29) is 18.0 Å². The molecule has 1 aromatic carbocycles. The Hall–Kier alpha value is -2.41. The van der Waals surface area contributed by atoms with E-state index in [2.05, 4.69) is 10.3 Å². The number of carbonyl (C=O) groups is 1. The lowest BCUT2D eigenvalue weighted by atomic mass is 10.1. The smallest absolute Gasteiger partial charge is 0.317 e. The Kier molecular flexibility index (Phi) is 5.10. The number of ether oxygens (including phenoxy) is 1. The molecule has 1 atom stereocenters. The summed E-state index contributed by atoms with van der Waals surface area (Å²) >= 11 is 0. The van der Waals surface area contributed by atoms with Gasteiger partial charge in [-0.05, 0) is 24.6 Å². The highest BCUT2D eigenvalue weighted by Gasteiger charge is 2.20. The Bertz CT molecular complexity index is 690. The summed E-state index contributed by atoms with van der Waals surface area (Å²) in [5.74, 6) is -0.263. The van der Waals surface area contributed by atoms with E-state index < -0.39 is 0 Å². The molecule has 0 spiro atoms. The highest BCUT2D eigenvalue weighted by Crippen LogP contribution is 2.13. The van der Waals surface area contributed by atoms with Crippen LogP contribution in [-0.4, -0.2) is 46.3 Å². The summed E-state index contributed by atoms with van der Waals surface area (Å²) in [5, 5.41) is 2.88. The Balaban J connectivity index is 1.59. The van der Waals surface area contributed by atoms with Gasteiger partial charge in [0, 0.05) is 37.6 Å². The highest BCUT2D eigenvalue weighted by atomic mass is 19.1. The van der Waals surface area contributed by atoms with Crippen molar-refractivity contribution < 1.29 is 13.9 Å². The van der Waals surface area contributed by atoms with E-state index in [1.165, 1.54) is 6.07 Å². The average molecular weight is 332 g/mol. The van der Waals surface area contributed by atoms with Crippen LogP contribution in [0.25, 0.3) is 0 Å². The maximum atomic E-state index is 14.0. The molecule has 24 heavy (non-hydrogen) atoms. The van der Waals surface area contributed by atoms with Crippen molar-refractivity contribution in [2.24, 2.45) is 0 Å². The van der Waals surface area contributed by atoms with Crippen LogP contribution >= 0.6 is 0 Å². The third-order valence-electron chi connectivity index (χ3n) is 3.99. The Morgan fingerprint density at radius 3 is 3.12 bits per heavy atom. The number of urea groups is 1. The van der Waals surface area contributed by atoms with E-state index in [9.17, 15) is 9.18 Å². The van der Waals surface area contributed by atoms with E-state index >= 15 is 0 Å². The molecule has 0 bridgehead atoms. The molecule has 1 unspecified atom stereocenters. The molecule has 0 radical (unpaired) electrons. The van der Waals surface area contributed by atoms with Gasteiger partial charge in [0.25, 0.3) is 0 Å². The van der Waals surface area contributed by atoms with Gasteiger partial charge in [-0.3, -0.25) is 0 Å². The topological polar surface area (TPSA) is 59.4 Å². The number of morpholine rings is 1. The minimum absolute atomic E-state index is 0.0529. The first-order chi connectivity index (χ1) is 11.6. The minimum atomic E-state index is -0.263. The summed E-state index contributed by atoms with van der Waals surface area (Å²) in [6, 6.07) is 4.78. The van der Waals surface area contributed by atoms with Crippen molar-refractivity contribution in [1.82, 2.24) is 19.8 Å². The first-order valence-corrected chi connectivity index (χ1v) is 7.99. The number of imidazole rings is 1. The number of hydrogen-bond acceptors (Lipinski definition) is 3. The maximum Gasteiger partial charge on any atom is 0.317 e. The summed E-state index contributed by atoms with van der Waals surface area (Å²) in [6.45, 7) is 4.45. The molecular formula is C17H21FN4O2. The number of nitrogens with zero attached hydrogens (tertiary/aromatic N) is 3. The minimum Gasteiger partial charge on any atom is -0.375 e. The van der Waals surface area contributed by atoms with Crippen LogP contribution in [0.15, 0.2) is 36.9 Å². The molecule has 3 rings (SSSR count). The van der Waals surface area contributed by atoms with Crippen LogP contribution < -0.4 is 5.32 Å². The fraction of sp³-hybridized carbons (Fsp3) is 0.412. The van der Waals surface area contributed by atoms with Crippen LogP contribution in [0.3, 0.4) is 0 Å². The van der Waals surface area contributed by atoms with E-state index in [4.69, 9.17) is 4.74 Å². The van der Waals surface area contributed by atoms with Crippen LogP contribution in [-0.2, 0) is 17.8 Å². The lowest BCUT2D eigenvalue weighted by Gasteiger charge is -2.31. The van der Waals surface area contributed by atoms with Gasteiger partial charge < -0.3 is 19.5 Å². The van der Waals surface area contributed by atoms with Crippen LogP contribution in [0.4, 0.5) is 9.18 Å². The van der Waals surface area contributed by atoms with Crippen LogP contribution in [0.5, 0.6) is 0 Å². The number of carbonyl (C=O) groups excluding carboxylic acids is 1. The van der Waals surface area contributed by atoms with Crippen molar-refractivity contribution in [3.8, 4) is 0 Å². The summed E-state index contributed by atoms with van der Waals surface area (Å²) in [5.41, 5.74) is 1.43. The van der Waals surface area contributed by atoms with Crippen LogP contribution in [0.2, 0.25) is 0 Å². The summed E-state index contributed by atoms with van der Waals surface area (Å²) in [6.07, 6.45) is 5.14. The molecule has 1 aliphatic heterocycles. The van der Waals surface area contributed by atoms with E-state index in [0.29, 0.717) is 38.3 Å². The Labute approximate surface area is 140 Å². The van der Waals surface area contributed by atoms with Gasteiger partial charge in [-0.15, -0.1) is 0 Å². The SMILES string of the molecule is CC1CN(C(=O)NCc2ccc(F)c(Cn3ccnc3)c2)CCO1. The molecule has 1 fully saturated rings. The number of nitrogens with one attached hydrogen (secondary N) is 1. The lowest BCUT2D eigenvalue weighted by molar-refractivity contribution is -0.00351. The molecule has 1 aliphatic rings. The summed E-state index contributed by atoms with van der Waals surface area (Å²) in [7, 11) is 0. The van der Waals surface area contributed by atoms with Gasteiger partial charge in [-0.25, -0.2) is 14.2 Å². The average Bonchev–Trinajstić information content (AvgIpc) is 3.08. The van der Waals surface area contributed by atoms with Crippen LogP contribution in [0, 0.1) is 5.82 Å². The van der Waals surface area contributed by atoms with Crippen molar-refractivity contribution in [2.45, 2.75) is 26.1 Å². The van der Waals surface area contributed by atoms with Gasteiger partial charge in [0.1, 0.15) is 5.82 Å². The standard InChI is InChI=1S/C17H21FN4O2/c1-13-10-22(6-7-24-13)17(23)20-9-14-2-3-16(18)15(8-14)11-21-5-4-19-12-21/h2-5,8,12-13H,6-7,9-11H2,1H3,(H,20,23). The zero-order valence-corrected chi connectivity index (χ0v) is 13.6. The molecule has 2 heterocycles. The van der Waals surface area contributed by atoms with Crippen molar-refractivity contribution in [3.63, 3.8) is 0 Å². The van der Waals surface area contributed by atoms with Gasteiger partial charge >= 0.3 is 6.03 Å². The molecule has 0 saturated carbocycles. The molecule has 2 aromatic rings. The van der Waals surface area contributed by atoms with E-state index in [1.807, 2.05) is 6.92 Å². The largest absolute Gasteiger partial charge is 0.375 e. The number of benzene rings is 1. The van der Waals surface area contributed by atoms with Gasteiger partial charge in [0.05, 0.1) is 25.6 Å². The van der Waals surface area contributed by atoms with Crippen molar-refractivity contribution in [1.29, 1.82) is 0 Å². The van der Waals surface area contributed by atoms with Gasteiger partial charge in [0.2, 0.25) is 0 Å². The number of halogens is 1. The highest BCUT2D eigenvalue weighted by molar-refractivity contribution is 5.74. The molecule has 1 N–H and O–H groups in total. The van der Waals surface area contributed by atoms with E-state index in [0.717, 1.165) is 5.56 Å². The molecule has 128 valence electrons. The predicted molar refractivity (Wildman–Crippen MR) is 87.0 cm³/mol. The maximum absolute atomic E-state index is 14.0. The molecule has 1 saturated heterocycles. The van der Waals surface area contributed by atoms with Gasteiger partial charge in [-0.1, -0.05) is 6.07 Å².